The Bertz CT molecular complexity index is 157. The molecular formula is C6H7IO. The van der Waals surface area contributed by atoms with Gasteiger partial charge in [0.2, 0.25) is 0 Å². The maximum absolute atomic E-state index is 8.98. The largest absolute Gasteiger partial charge is 0.507 e. The Balaban J connectivity index is 2.93. The molecular weight excluding hydrogens is 215 g/mol. The van der Waals surface area contributed by atoms with E-state index in [1.165, 1.54) is 0 Å². The monoisotopic (exact) mass is 222 g/mol. The van der Waals surface area contributed by atoms with Gasteiger partial charge >= 0.3 is 0 Å². The van der Waals surface area contributed by atoms with Crippen molar-refractivity contribution in [3.05, 3.63) is 21.5 Å². The van der Waals surface area contributed by atoms with Crippen LogP contribution in [-0.2, 0) is 0 Å². The molecule has 1 aliphatic rings. The van der Waals surface area contributed by atoms with Gasteiger partial charge in [0.25, 0.3) is 0 Å². The van der Waals surface area contributed by atoms with Gasteiger partial charge in [-0.05, 0) is 22.6 Å². The Labute approximate surface area is 58.5 Å². The smallest absolute Gasteiger partial charge is 0.124 e. The molecule has 0 fully saturated rings. The lowest BCUT2D eigenvalue weighted by atomic mass is 10.3. The average molecular weight is 222 g/mol. The first-order chi connectivity index (χ1) is 3.80. The Kier molecular flexibility index (Phi) is 1.83. The quantitative estimate of drug-likeness (QED) is 0.622. The Morgan fingerprint density at radius 1 is 1.62 bits per heavy atom. The Morgan fingerprint density at radius 2 is 2.38 bits per heavy atom. The fraction of sp³-hybridized carbons (Fsp3) is 0.167. The van der Waals surface area contributed by atoms with Gasteiger partial charge in [0.05, 0.1) is 0 Å². The molecule has 1 aliphatic heterocycles. The highest BCUT2D eigenvalue weighted by atomic mass is 127. The predicted octanol–water partition coefficient (Wildman–Crippen LogP) is 2.12. The van der Waals surface area contributed by atoms with E-state index in [0.29, 0.717) is 5.76 Å². The van der Waals surface area contributed by atoms with Crippen LogP contribution in [0.2, 0.25) is 0 Å². The average Bonchev–Trinajstić information content (AvgIpc) is 1.77. The molecule has 0 saturated heterocycles. The lowest BCUT2D eigenvalue weighted by Crippen LogP contribution is -1.83. The Hall–Kier alpha value is -0.120. The molecule has 0 aromatic rings. The van der Waals surface area contributed by atoms with Crippen LogP contribution in [0, 0.1) is 0 Å². The van der Waals surface area contributed by atoms with E-state index >= 15 is 0 Å². The maximum atomic E-state index is 8.98. The van der Waals surface area contributed by atoms with Gasteiger partial charge in [0.15, 0.2) is 0 Å². The van der Waals surface area contributed by atoms with Crippen LogP contribution in [0.5, 0.6) is 0 Å². The summed E-state index contributed by atoms with van der Waals surface area (Å²) in [5, 5.41) is 8.98. The van der Waals surface area contributed by atoms with Crippen molar-refractivity contribution in [2.24, 2.45) is 0 Å². The summed E-state index contributed by atoms with van der Waals surface area (Å²) in [6.45, 7) is 1.91. The molecule has 0 atom stereocenters. The van der Waals surface area contributed by atoms with Crippen molar-refractivity contribution in [2.75, 3.05) is 0 Å². The summed E-state index contributed by atoms with van der Waals surface area (Å²) in [7, 11) is 0. The first-order valence-corrected chi connectivity index (χ1v) is 4.81. The Morgan fingerprint density at radius 3 is 2.75 bits per heavy atom. The summed E-state index contributed by atoms with van der Waals surface area (Å²) >= 11 is 0.0339. The third-order valence-electron chi connectivity index (χ3n) is 0.956. The summed E-state index contributed by atoms with van der Waals surface area (Å²) in [6, 6.07) is 0. The first-order valence-electron chi connectivity index (χ1n) is 2.32. The third kappa shape index (κ3) is 1.18. The van der Waals surface area contributed by atoms with Gasteiger partial charge in [0, 0.05) is 4.08 Å². The minimum Gasteiger partial charge on any atom is -0.507 e. The van der Waals surface area contributed by atoms with Crippen LogP contribution in [0.3, 0.4) is 0 Å². The fourth-order valence-electron chi connectivity index (χ4n) is 0.398. The zero-order chi connectivity index (χ0) is 5.98. The van der Waals surface area contributed by atoms with Crippen molar-refractivity contribution in [2.45, 2.75) is 6.92 Å². The second-order valence-electron chi connectivity index (χ2n) is 1.60. The molecule has 0 spiro atoms. The topological polar surface area (TPSA) is 20.2 Å². The van der Waals surface area contributed by atoms with E-state index < -0.39 is 0 Å². The van der Waals surface area contributed by atoms with Gasteiger partial charge < -0.3 is 5.11 Å². The molecule has 8 heavy (non-hydrogen) atoms. The van der Waals surface area contributed by atoms with E-state index in [1.54, 1.807) is 0 Å². The fourth-order valence-corrected chi connectivity index (χ4v) is 2.18. The van der Waals surface area contributed by atoms with Gasteiger partial charge in [-0.15, -0.1) is 0 Å². The molecule has 0 aliphatic carbocycles. The van der Waals surface area contributed by atoms with Crippen molar-refractivity contribution < 1.29 is 5.11 Å². The lowest BCUT2D eigenvalue weighted by Gasteiger charge is -1.98. The SMILES string of the molecule is CC1=CC=IC=C1O. The molecule has 0 unspecified atom stereocenters. The van der Waals surface area contributed by atoms with Gasteiger partial charge in [-0.3, -0.25) is 0 Å². The molecule has 0 saturated carbocycles. The van der Waals surface area contributed by atoms with Crippen LogP contribution in [-0.4, -0.2) is 9.12 Å². The second-order valence-corrected chi connectivity index (χ2v) is 3.66. The standard InChI is InChI=1S/C6H7IO/c1-5-2-3-7-4-6(5)8/h2-4,8H,1H3. The van der Waals surface area contributed by atoms with Gasteiger partial charge in [-0.2, -0.15) is 0 Å². The number of allylic oxidation sites excluding steroid dienone is 2. The van der Waals surface area contributed by atoms with Crippen molar-refractivity contribution >= 4 is 24.7 Å². The highest BCUT2D eigenvalue weighted by molar-refractivity contribution is 14.2. The minimum absolute atomic E-state index is 0.0339. The van der Waals surface area contributed by atoms with Crippen molar-refractivity contribution in [1.82, 2.24) is 0 Å². The normalized spacial score (nSPS) is 18.6. The van der Waals surface area contributed by atoms with Crippen LogP contribution in [0.15, 0.2) is 21.5 Å². The molecule has 0 bridgehead atoms. The molecule has 0 radical (unpaired) electrons. The van der Waals surface area contributed by atoms with E-state index in [1.807, 2.05) is 17.1 Å². The number of halogens is 1. The zero-order valence-electron chi connectivity index (χ0n) is 4.56. The second kappa shape index (κ2) is 2.44. The van der Waals surface area contributed by atoms with Crippen LogP contribution < -0.4 is 0 Å². The van der Waals surface area contributed by atoms with E-state index in [9.17, 15) is 0 Å². The summed E-state index contributed by atoms with van der Waals surface area (Å²) in [4.78, 5) is 0. The van der Waals surface area contributed by atoms with Crippen molar-refractivity contribution in [3.8, 4) is 0 Å². The number of hydrogen-bond donors (Lipinski definition) is 1. The molecule has 1 heterocycles. The summed E-state index contributed by atoms with van der Waals surface area (Å²) < 4.78 is 4.04. The molecule has 0 amide bonds. The van der Waals surface area contributed by atoms with E-state index in [2.05, 4.69) is 4.01 Å². The van der Waals surface area contributed by atoms with Crippen molar-refractivity contribution in [1.29, 1.82) is 0 Å². The minimum atomic E-state index is 0.0339. The van der Waals surface area contributed by atoms with Gasteiger partial charge in [0.1, 0.15) is 5.76 Å². The van der Waals surface area contributed by atoms with Crippen LogP contribution in [0.4, 0.5) is 0 Å². The zero-order valence-corrected chi connectivity index (χ0v) is 6.71. The van der Waals surface area contributed by atoms with Crippen LogP contribution in [0.1, 0.15) is 6.92 Å². The van der Waals surface area contributed by atoms with Crippen LogP contribution in [0.25, 0.3) is 0 Å². The molecule has 0 aromatic heterocycles. The molecule has 44 valence electrons. The number of rotatable bonds is 0. The number of aliphatic hydroxyl groups is 1. The summed E-state index contributed by atoms with van der Waals surface area (Å²) in [5.41, 5.74) is 0.982. The van der Waals surface area contributed by atoms with Gasteiger partial charge in [-0.25, -0.2) is 0 Å². The highest BCUT2D eigenvalue weighted by Gasteiger charge is 1.94. The van der Waals surface area contributed by atoms with Crippen LogP contribution >= 0.6 is 20.7 Å². The predicted molar refractivity (Wildman–Crippen MR) is 44.6 cm³/mol. The lowest BCUT2D eigenvalue weighted by molar-refractivity contribution is 0.426. The molecule has 0 aromatic carbocycles. The molecule has 1 nitrogen and oxygen atoms in total. The first kappa shape index (κ1) is 6.01. The number of hydrogen-bond acceptors (Lipinski definition) is 1. The third-order valence-corrected chi connectivity index (χ3v) is 2.68. The highest BCUT2D eigenvalue weighted by Crippen LogP contribution is 2.14. The van der Waals surface area contributed by atoms with E-state index in [0.717, 1.165) is 5.57 Å². The summed E-state index contributed by atoms with van der Waals surface area (Å²) in [5.74, 6) is 0.473. The van der Waals surface area contributed by atoms with Crippen molar-refractivity contribution in [3.63, 3.8) is 0 Å². The number of aliphatic hydroxyl groups excluding tert-OH is 1. The molecule has 1 N–H and O–H groups in total. The van der Waals surface area contributed by atoms with E-state index in [4.69, 9.17) is 5.11 Å². The molecule has 2 heteroatoms. The van der Waals surface area contributed by atoms with E-state index in [-0.39, 0.29) is 20.7 Å². The maximum Gasteiger partial charge on any atom is 0.124 e. The molecule has 1 rings (SSSR count). The summed E-state index contributed by atoms with van der Waals surface area (Å²) in [6.07, 6.45) is 1.97. The van der Waals surface area contributed by atoms with Gasteiger partial charge in [-0.1, -0.05) is 20.7 Å².